The average molecular weight is 347 g/mol. The molecule has 5 rings (SSSR count). The van der Waals surface area contributed by atoms with Crippen LogP contribution in [0.1, 0.15) is 28.3 Å². The molecule has 1 atom stereocenters. The number of nitrogens with zero attached hydrogens (tertiary/aromatic N) is 1. The van der Waals surface area contributed by atoms with Gasteiger partial charge in [0.2, 0.25) is 0 Å². The molecule has 0 saturated carbocycles. The fourth-order valence-electron chi connectivity index (χ4n) is 4.24. The lowest BCUT2D eigenvalue weighted by Crippen LogP contribution is -2.18. The fraction of sp³-hybridized carbons (Fsp3) is 0.115. The Morgan fingerprint density at radius 1 is 0.741 bits per heavy atom. The highest BCUT2D eigenvalue weighted by Gasteiger charge is 2.26. The molecule has 3 aromatic carbocycles. The molecule has 27 heavy (non-hydrogen) atoms. The van der Waals surface area contributed by atoms with E-state index in [2.05, 4.69) is 103 Å². The second-order valence-corrected chi connectivity index (χ2v) is 7.24. The second-order valence-electron chi connectivity index (χ2n) is 7.24. The van der Waals surface area contributed by atoms with E-state index in [9.17, 15) is 0 Å². The Balaban J connectivity index is 1.58. The Kier molecular flexibility index (Phi) is 4.06. The van der Waals surface area contributed by atoms with Gasteiger partial charge >= 0.3 is 0 Å². The zero-order valence-corrected chi connectivity index (χ0v) is 15.1. The highest BCUT2D eigenvalue weighted by atomic mass is 14.7. The maximum absolute atomic E-state index is 4.98. The van der Waals surface area contributed by atoms with Gasteiger partial charge in [0.15, 0.2) is 0 Å². The molecule has 1 nitrogen and oxygen atoms in total. The minimum atomic E-state index is 0.338. The molecule has 1 aliphatic rings. The Morgan fingerprint density at radius 2 is 1.37 bits per heavy atom. The van der Waals surface area contributed by atoms with Crippen molar-refractivity contribution in [2.75, 3.05) is 0 Å². The summed E-state index contributed by atoms with van der Waals surface area (Å²) in [6, 6.07) is 32.4. The van der Waals surface area contributed by atoms with Gasteiger partial charge < -0.3 is 0 Å². The number of benzene rings is 3. The monoisotopic (exact) mass is 347 g/mol. The number of hydrogen-bond acceptors (Lipinski definition) is 1. The Bertz CT molecular complexity index is 1060. The highest BCUT2D eigenvalue weighted by Crippen LogP contribution is 2.38. The minimum Gasteiger partial charge on any atom is -0.252 e. The summed E-state index contributed by atoms with van der Waals surface area (Å²) in [4.78, 5) is 4.98. The third-order valence-electron chi connectivity index (χ3n) is 5.53. The summed E-state index contributed by atoms with van der Waals surface area (Å²) in [6.07, 6.45) is 5.61. The predicted molar refractivity (Wildman–Crippen MR) is 113 cm³/mol. The summed E-state index contributed by atoms with van der Waals surface area (Å²) in [5.74, 6) is 0.737. The van der Waals surface area contributed by atoms with Crippen LogP contribution >= 0.6 is 0 Å². The van der Waals surface area contributed by atoms with Crippen LogP contribution < -0.4 is 0 Å². The number of allylic oxidation sites excluding steroid dienone is 1. The van der Waals surface area contributed by atoms with E-state index in [0.29, 0.717) is 11.8 Å². The molecule has 0 radical (unpaired) electrons. The number of pyridine rings is 1. The standard InChI is InChI=1S/C26H21N/c1-3-9-19(10-4-1)26(20-11-5-2-6-12-20)23-16-15-22-17-21-13-7-8-14-24(21)27-25(22)18-23/h1-17,23,26H,18H2. The van der Waals surface area contributed by atoms with E-state index in [1.807, 2.05) is 0 Å². The van der Waals surface area contributed by atoms with Crippen LogP contribution in [-0.2, 0) is 6.42 Å². The number of hydrogen-bond donors (Lipinski definition) is 0. The Labute approximate surface area is 160 Å². The quantitative estimate of drug-likeness (QED) is 0.427. The van der Waals surface area contributed by atoms with E-state index >= 15 is 0 Å². The van der Waals surface area contributed by atoms with E-state index in [1.54, 1.807) is 0 Å². The SMILES string of the molecule is C1=CC(C(c2ccccc2)c2ccccc2)Cc2nc3ccccc3cc21. The largest absolute Gasteiger partial charge is 0.252 e. The number of aromatic nitrogens is 1. The van der Waals surface area contributed by atoms with E-state index in [-0.39, 0.29) is 0 Å². The van der Waals surface area contributed by atoms with Crippen LogP contribution in [-0.4, -0.2) is 4.98 Å². The smallest absolute Gasteiger partial charge is 0.0705 e. The third-order valence-corrected chi connectivity index (χ3v) is 5.53. The van der Waals surface area contributed by atoms with Gasteiger partial charge in [0.25, 0.3) is 0 Å². The molecule has 0 N–H and O–H groups in total. The highest BCUT2D eigenvalue weighted by molar-refractivity contribution is 5.82. The molecule has 1 heteroatoms. The van der Waals surface area contributed by atoms with Crippen molar-refractivity contribution in [2.45, 2.75) is 12.3 Å². The summed E-state index contributed by atoms with van der Waals surface area (Å²) < 4.78 is 0. The van der Waals surface area contributed by atoms with Gasteiger partial charge in [0.1, 0.15) is 0 Å². The van der Waals surface area contributed by atoms with Crippen LogP contribution in [0, 0.1) is 5.92 Å². The molecule has 0 fully saturated rings. The average Bonchev–Trinajstić information content (AvgIpc) is 2.74. The molecular weight excluding hydrogens is 326 g/mol. The molecular formula is C26H21N. The predicted octanol–water partition coefficient (Wildman–Crippen LogP) is 6.25. The van der Waals surface area contributed by atoms with Gasteiger partial charge in [0, 0.05) is 17.0 Å². The molecule has 0 spiro atoms. The van der Waals surface area contributed by atoms with Gasteiger partial charge in [-0.3, -0.25) is 4.98 Å². The van der Waals surface area contributed by atoms with Gasteiger partial charge in [-0.15, -0.1) is 0 Å². The van der Waals surface area contributed by atoms with Crippen LogP contribution in [0.15, 0.2) is 97.1 Å². The van der Waals surface area contributed by atoms with Crippen molar-refractivity contribution in [3.63, 3.8) is 0 Å². The van der Waals surface area contributed by atoms with Gasteiger partial charge in [0.05, 0.1) is 5.52 Å². The molecule has 130 valence electrons. The first kappa shape index (κ1) is 16.0. The summed E-state index contributed by atoms with van der Waals surface area (Å²) >= 11 is 0. The van der Waals surface area contributed by atoms with Crippen molar-refractivity contribution in [3.8, 4) is 0 Å². The van der Waals surface area contributed by atoms with E-state index in [4.69, 9.17) is 4.98 Å². The number of rotatable bonds is 3. The topological polar surface area (TPSA) is 12.9 Å². The zero-order chi connectivity index (χ0) is 18.1. The molecule has 1 aromatic heterocycles. The Hall–Kier alpha value is -3.19. The summed E-state index contributed by atoms with van der Waals surface area (Å²) in [7, 11) is 0. The van der Waals surface area contributed by atoms with Crippen molar-refractivity contribution in [1.82, 2.24) is 4.98 Å². The van der Waals surface area contributed by atoms with Crippen molar-refractivity contribution in [1.29, 1.82) is 0 Å². The first-order chi connectivity index (χ1) is 13.4. The van der Waals surface area contributed by atoms with E-state index in [1.165, 1.54) is 27.8 Å². The van der Waals surface area contributed by atoms with Crippen LogP contribution in [0.3, 0.4) is 0 Å². The maximum Gasteiger partial charge on any atom is 0.0705 e. The van der Waals surface area contributed by atoms with Crippen molar-refractivity contribution in [2.24, 2.45) is 5.92 Å². The molecule has 0 amide bonds. The first-order valence-corrected chi connectivity index (χ1v) is 9.55. The second kappa shape index (κ2) is 6.85. The molecule has 0 aliphatic heterocycles. The lowest BCUT2D eigenvalue weighted by Gasteiger charge is -2.28. The molecule has 4 aromatic rings. The van der Waals surface area contributed by atoms with Gasteiger partial charge in [-0.1, -0.05) is 91.0 Å². The molecule has 0 bridgehead atoms. The first-order valence-electron chi connectivity index (χ1n) is 9.55. The van der Waals surface area contributed by atoms with Gasteiger partial charge in [-0.25, -0.2) is 0 Å². The van der Waals surface area contributed by atoms with Crippen LogP contribution in [0.2, 0.25) is 0 Å². The Morgan fingerprint density at radius 3 is 2.07 bits per heavy atom. The minimum absolute atomic E-state index is 0.338. The molecule has 1 aliphatic carbocycles. The van der Waals surface area contributed by atoms with Crippen molar-refractivity contribution < 1.29 is 0 Å². The summed E-state index contributed by atoms with van der Waals surface area (Å²) in [5, 5.41) is 1.21. The van der Waals surface area contributed by atoms with Crippen LogP contribution in [0.5, 0.6) is 0 Å². The maximum atomic E-state index is 4.98. The molecule has 1 heterocycles. The third kappa shape index (κ3) is 3.06. The molecule has 1 unspecified atom stereocenters. The van der Waals surface area contributed by atoms with Crippen molar-refractivity contribution >= 4 is 17.0 Å². The number of para-hydroxylation sites is 1. The van der Waals surface area contributed by atoms with Gasteiger partial charge in [-0.05, 0) is 41.2 Å². The zero-order valence-electron chi connectivity index (χ0n) is 15.1. The number of fused-ring (bicyclic) bond motifs is 2. The fourth-order valence-corrected chi connectivity index (χ4v) is 4.24. The lowest BCUT2D eigenvalue weighted by molar-refractivity contribution is 0.556. The van der Waals surface area contributed by atoms with Crippen LogP contribution in [0.4, 0.5) is 0 Å². The van der Waals surface area contributed by atoms with E-state index < -0.39 is 0 Å². The molecule has 0 saturated heterocycles. The lowest BCUT2D eigenvalue weighted by atomic mass is 9.76. The van der Waals surface area contributed by atoms with Crippen LogP contribution in [0.25, 0.3) is 17.0 Å². The summed E-state index contributed by atoms with van der Waals surface area (Å²) in [5.41, 5.74) is 6.27. The van der Waals surface area contributed by atoms with E-state index in [0.717, 1.165) is 11.9 Å². The van der Waals surface area contributed by atoms with Gasteiger partial charge in [-0.2, -0.15) is 0 Å². The normalized spacial score (nSPS) is 15.8. The summed E-state index contributed by atoms with van der Waals surface area (Å²) in [6.45, 7) is 0. The van der Waals surface area contributed by atoms with Crippen molar-refractivity contribution in [3.05, 3.63) is 119 Å².